The van der Waals surface area contributed by atoms with Gasteiger partial charge in [-0.05, 0) is 36.9 Å². The molecule has 3 aromatic carbocycles. The number of hydrogen-bond donors (Lipinski definition) is 2. The summed E-state index contributed by atoms with van der Waals surface area (Å²) in [7, 11) is 0. The van der Waals surface area contributed by atoms with Gasteiger partial charge < -0.3 is 24.6 Å². The first kappa shape index (κ1) is 21.5. The third-order valence-corrected chi connectivity index (χ3v) is 5.67. The van der Waals surface area contributed by atoms with Crippen molar-refractivity contribution in [3.8, 4) is 17.2 Å². The zero-order valence-electron chi connectivity index (χ0n) is 18.0. The lowest BCUT2D eigenvalue weighted by molar-refractivity contribution is -0.143. The Morgan fingerprint density at radius 2 is 1.81 bits per heavy atom. The Balaban J connectivity index is 1.61. The predicted octanol–water partition coefficient (Wildman–Crippen LogP) is 4.04. The fourth-order valence-electron chi connectivity index (χ4n) is 3.51. The number of benzene rings is 3. The van der Waals surface area contributed by atoms with Gasteiger partial charge in [-0.1, -0.05) is 49.4 Å². The van der Waals surface area contributed by atoms with E-state index < -0.39 is 17.4 Å². The van der Waals surface area contributed by atoms with Crippen LogP contribution in [0.15, 0.2) is 60.7 Å². The number of fused-ring (bicyclic) bond motifs is 2. The number of nitrogens with one attached hydrogen (secondary N) is 1. The normalized spacial score (nSPS) is 16.8. The highest BCUT2D eigenvalue weighted by molar-refractivity contribution is 6.05. The van der Waals surface area contributed by atoms with E-state index in [0.29, 0.717) is 23.9 Å². The molecular weight excluding hydrogens is 410 g/mol. The van der Waals surface area contributed by atoms with Gasteiger partial charge in [0.2, 0.25) is 0 Å². The second-order valence-corrected chi connectivity index (χ2v) is 7.92. The SMILES string of the molecule is CCC(C)(NC(=O)c1ccc2ccccc2c1OCC1COc2ccccc2O1)C(=O)O. The predicted molar refractivity (Wildman–Crippen MR) is 120 cm³/mol. The second-order valence-electron chi connectivity index (χ2n) is 7.92. The summed E-state index contributed by atoms with van der Waals surface area (Å²) in [6, 6.07) is 18.4. The van der Waals surface area contributed by atoms with Crippen molar-refractivity contribution in [2.45, 2.75) is 31.9 Å². The summed E-state index contributed by atoms with van der Waals surface area (Å²) in [6.45, 7) is 3.67. The Morgan fingerprint density at radius 3 is 2.56 bits per heavy atom. The quantitative estimate of drug-likeness (QED) is 0.582. The molecule has 2 atom stereocenters. The highest BCUT2D eigenvalue weighted by Crippen LogP contribution is 2.33. The molecule has 2 unspecified atom stereocenters. The summed E-state index contributed by atoms with van der Waals surface area (Å²) in [6.07, 6.45) is -0.121. The molecule has 2 N–H and O–H groups in total. The zero-order chi connectivity index (χ0) is 22.7. The van der Waals surface area contributed by atoms with Gasteiger partial charge >= 0.3 is 5.97 Å². The van der Waals surface area contributed by atoms with Gasteiger partial charge in [-0.2, -0.15) is 0 Å². The van der Waals surface area contributed by atoms with Gasteiger partial charge in [0.05, 0.1) is 5.56 Å². The molecule has 32 heavy (non-hydrogen) atoms. The Bertz CT molecular complexity index is 1160. The van der Waals surface area contributed by atoms with Crippen LogP contribution in [-0.4, -0.2) is 41.8 Å². The van der Waals surface area contributed by atoms with Crippen molar-refractivity contribution in [1.29, 1.82) is 0 Å². The average molecular weight is 435 g/mol. The lowest BCUT2D eigenvalue weighted by Crippen LogP contribution is -2.51. The average Bonchev–Trinajstić information content (AvgIpc) is 2.81. The van der Waals surface area contributed by atoms with Crippen LogP contribution in [0.3, 0.4) is 0 Å². The van der Waals surface area contributed by atoms with E-state index in [0.717, 1.165) is 10.8 Å². The van der Waals surface area contributed by atoms with Gasteiger partial charge in [0.15, 0.2) is 17.6 Å². The number of carbonyl (C=O) groups is 2. The lowest BCUT2D eigenvalue weighted by Gasteiger charge is -2.27. The van der Waals surface area contributed by atoms with E-state index in [1.54, 1.807) is 13.0 Å². The Hall–Kier alpha value is -3.74. The zero-order valence-corrected chi connectivity index (χ0v) is 18.0. The lowest BCUT2D eigenvalue weighted by atomic mass is 9.97. The van der Waals surface area contributed by atoms with Crippen LogP contribution in [0, 0.1) is 0 Å². The molecule has 0 fully saturated rings. The molecule has 1 aliphatic heterocycles. The maximum Gasteiger partial charge on any atom is 0.329 e. The van der Waals surface area contributed by atoms with Crippen molar-refractivity contribution < 1.29 is 28.9 Å². The standard InChI is InChI=1S/C25H25NO6/c1-3-25(2,24(28)29)26-23(27)19-13-12-16-8-4-5-9-18(16)22(19)31-15-17-14-30-20-10-6-7-11-21(20)32-17/h4-13,17H,3,14-15H2,1-2H3,(H,26,27)(H,28,29). The molecule has 1 aliphatic rings. The first-order chi connectivity index (χ1) is 15.4. The van der Waals surface area contributed by atoms with Crippen LogP contribution in [0.1, 0.15) is 30.6 Å². The maximum atomic E-state index is 13.1. The molecule has 0 spiro atoms. The van der Waals surface area contributed by atoms with E-state index in [1.165, 1.54) is 6.92 Å². The fourth-order valence-corrected chi connectivity index (χ4v) is 3.51. The van der Waals surface area contributed by atoms with Gasteiger partial charge in [-0.25, -0.2) is 4.79 Å². The van der Waals surface area contributed by atoms with Crippen molar-refractivity contribution in [2.75, 3.05) is 13.2 Å². The minimum absolute atomic E-state index is 0.159. The summed E-state index contributed by atoms with van der Waals surface area (Å²) in [5.74, 6) is 0.100. The van der Waals surface area contributed by atoms with Crippen LogP contribution in [0.4, 0.5) is 0 Å². The number of carboxylic acid groups (broad SMARTS) is 1. The van der Waals surface area contributed by atoms with Crippen molar-refractivity contribution in [3.63, 3.8) is 0 Å². The summed E-state index contributed by atoms with van der Waals surface area (Å²) in [4.78, 5) is 24.8. The Kier molecular flexibility index (Phi) is 5.90. The second kappa shape index (κ2) is 8.78. The van der Waals surface area contributed by atoms with Crippen molar-refractivity contribution >= 4 is 22.6 Å². The molecule has 0 saturated heterocycles. The largest absolute Gasteiger partial charge is 0.488 e. The monoisotopic (exact) mass is 435 g/mol. The molecular formula is C25H25NO6. The number of amides is 1. The van der Waals surface area contributed by atoms with E-state index in [1.807, 2.05) is 54.6 Å². The number of para-hydroxylation sites is 2. The van der Waals surface area contributed by atoms with Gasteiger partial charge in [0.25, 0.3) is 5.91 Å². The highest BCUT2D eigenvalue weighted by Gasteiger charge is 2.34. The minimum atomic E-state index is -1.38. The van der Waals surface area contributed by atoms with Gasteiger partial charge in [-0.3, -0.25) is 4.79 Å². The number of carbonyl (C=O) groups excluding carboxylic acids is 1. The molecule has 0 aliphatic carbocycles. The van der Waals surface area contributed by atoms with E-state index >= 15 is 0 Å². The number of hydrogen-bond acceptors (Lipinski definition) is 5. The molecule has 1 heterocycles. The van der Waals surface area contributed by atoms with Crippen LogP contribution >= 0.6 is 0 Å². The van der Waals surface area contributed by atoms with Gasteiger partial charge in [-0.15, -0.1) is 0 Å². The summed E-state index contributed by atoms with van der Waals surface area (Å²) < 4.78 is 17.8. The molecule has 4 rings (SSSR count). The number of carboxylic acids is 1. The van der Waals surface area contributed by atoms with Crippen LogP contribution in [0.25, 0.3) is 10.8 Å². The topological polar surface area (TPSA) is 94.1 Å². The molecule has 7 nitrogen and oxygen atoms in total. The summed E-state index contributed by atoms with van der Waals surface area (Å²) in [5, 5.41) is 13.8. The fraction of sp³-hybridized carbons (Fsp3) is 0.280. The van der Waals surface area contributed by atoms with E-state index in [9.17, 15) is 14.7 Å². The maximum absolute atomic E-state index is 13.1. The number of ether oxygens (including phenoxy) is 3. The molecule has 0 bridgehead atoms. The third kappa shape index (κ3) is 4.19. The molecule has 3 aromatic rings. The van der Waals surface area contributed by atoms with Crippen molar-refractivity contribution in [3.05, 3.63) is 66.2 Å². The minimum Gasteiger partial charge on any atom is -0.488 e. The summed E-state index contributed by atoms with van der Waals surface area (Å²) >= 11 is 0. The molecule has 0 radical (unpaired) electrons. The number of aliphatic carboxylic acids is 1. The van der Waals surface area contributed by atoms with Crippen molar-refractivity contribution in [2.24, 2.45) is 0 Å². The smallest absolute Gasteiger partial charge is 0.329 e. The molecule has 7 heteroatoms. The first-order valence-corrected chi connectivity index (χ1v) is 10.5. The van der Waals surface area contributed by atoms with Gasteiger partial charge in [0.1, 0.15) is 24.5 Å². The molecule has 166 valence electrons. The third-order valence-electron chi connectivity index (χ3n) is 5.67. The first-order valence-electron chi connectivity index (χ1n) is 10.5. The molecule has 0 aromatic heterocycles. The van der Waals surface area contributed by atoms with Gasteiger partial charge in [0, 0.05) is 5.39 Å². The van der Waals surface area contributed by atoms with E-state index in [4.69, 9.17) is 14.2 Å². The van der Waals surface area contributed by atoms with Crippen LogP contribution in [0.2, 0.25) is 0 Å². The molecule has 0 saturated carbocycles. The van der Waals surface area contributed by atoms with Crippen molar-refractivity contribution in [1.82, 2.24) is 5.32 Å². The Labute approximate surface area is 185 Å². The number of rotatable bonds is 7. The molecule has 1 amide bonds. The summed E-state index contributed by atoms with van der Waals surface area (Å²) in [5.41, 5.74) is -1.12. The van der Waals surface area contributed by atoms with Crippen LogP contribution in [0.5, 0.6) is 17.2 Å². The Morgan fingerprint density at radius 1 is 1.09 bits per heavy atom. The highest BCUT2D eigenvalue weighted by atomic mass is 16.6. The van der Waals surface area contributed by atoms with E-state index in [2.05, 4.69) is 5.32 Å². The van der Waals surface area contributed by atoms with E-state index in [-0.39, 0.29) is 24.7 Å². The van der Waals surface area contributed by atoms with Crippen LogP contribution in [-0.2, 0) is 4.79 Å². The van der Waals surface area contributed by atoms with Crippen LogP contribution < -0.4 is 19.5 Å².